The molecule has 5 rings (SSSR count). The Morgan fingerprint density at radius 3 is 2.79 bits per heavy atom. The third-order valence-corrected chi connectivity index (χ3v) is 7.82. The quantitative estimate of drug-likeness (QED) is 0.777. The molecule has 2 bridgehead atoms. The van der Waals surface area contributed by atoms with E-state index in [1.54, 1.807) is 11.3 Å². The second kappa shape index (κ2) is 7.47. The summed E-state index contributed by atoms with van der Waals surface area (Å²) >= 11 is 1.70. The number of carbonyl (C=O) groups excluding carboxylic acids is 1. The molecule has 0 unspecified atom stereocenters. The number of nitrogens with zero attached hydrogens (tertiary/aromatic N) is 4. The Bertz CT molecular complexity index is 838. The van der Waals surface area contributed by atoms with Gasteiger partial charge in [-0.2, -0.15) is 0 Å². The number of piperidine rings is 3. The summed E-state index contributed by atoms with van der Waals surface area (Å²) in [5.74, 6) is 1.53. The Kier molecular flexibility index (Phi) is 4.83. The van der Waals surface area contributed by atoms with Crippen molar-refractivity contribution < 1.29 is 4.79 Å². The van der Waals surface area contributed by atoms with E-state index < -0.39 is 0 Å². The molecule has 0 aliphatic carbocycles. The molecule has 3 fully saturated rings. The average molecular weight is 397 g/mol. The number of aromatic nitrogens is 2. The lowest BCUT2D eigenvalue weighted by atomic mass is 9.71. The molecule has 0 saturated carbocycles. The summed E-state index contributed by atoms with van der Waals surface area (Å²) < 4.78 is 0. The summed E-state index contributed by atoms with van der Waals surface area (Å²) in [4.78, 5) is 17.5. The van der Waals surface area contributed by atoms with E-state index in [4.69, 9.17) is 0 Å². The molecular weight excluding hydrogens is 368 g/mol. The van der Waals surface area contributed by atoms with Crippen LogP contribution in [0.4, 0.5) is 5.13 Å². The van der Waals surface area contributed by atoms with Gasteiger partial charge in [-0.15, -0.1) is 10.2 Å². The SMILES string of the molecule is CCC[C@H]1[C@H]2C[C@H](CN(c3nnc(-c4ccccc4)s3)C2)[C@@H]2CCCC(=O)N21. The topological polar surface area (TPSA) is 49.3 Å². The van der Waals surface area contributed by atoms with Crippen LogP contribution in [0.2, 0.25) is 0 Å². The summed E-state index contributed by atoms with van der Waals surface area (Å²) in [6, 6.07) is 11.2. The minimum atomic E-state index is 0.403. The molecule has 3 saturated heterocycles. The predicted octanol–water partition coefficient (Wildman–Crippen LogP) is 4.21. The minimum Gasteiger partial charge on any atom is -0.346 e. The third kappa shape index (κ3) is 3.11. The van der Waals surface area contributed by atoms with Crippen LogP contribution in [0.5, 0.6) is 0 Å². The van der Waals surface area contributed by atoms with E-state index in [2.05, 4.69) is 39.1 Å². The van der Waals surface area contributed by atoms with Gasteiger partial charge in [-0.25, -0.2) is 0 Å². The molecule has 4 heterocycles. The molecule has 0 radical (unpaired) electrons. The Labute approximate surface area is 170 Å². The Morgan fingerprint density at radius 2 is 1.96 bits per heavy atom. The average Bonchev–Trinajstić information content (AvgIpc) is 3.22. The highest BCUT2D eigenvalue weighted by Crippen LogP contribution is 2.44. The van der Waals surface area contributed by atoms with E-state index in [1.807, 2.05) is 18.2 Å². The molecule has 0 N–H and O–H groups in total. The fourth-order valence-corrected chi connectivity index (χ4v) is 6.51. The second-order valence-electron chi connectivity index (χ2n) is 8.53. The van der Waals surface area contributed by atoms with E-state index in [0.717, 1.165) is 54.5 Å². The van der Waals surface area contributed by atoms with Gasteiger partial charge in [0, 0.05) is 37.2 Å². The van der Waals surface area contributed by atoms with Crippen LogP contribution in [0.3, 0.4) is 0 Å². The number of fused-ring (bicyclic) bond motifs is 4. The van der Waals surface area contributed by atoms with Crippen molar-refractivity contribution in [2.45, 2.75) is 57.5 Å². The molecule has 0 spiro atoms. The highest BCUT2D eigenvalue weighted by Gasteiger charge is 2.49. The van der Waals surface area contributed by atoms with Gasteiger partial charge in [-0.1, -0.05) is 55.0 Å². The molecule has 4 atom stereocenters. The van der Waals surface area contributed by atoms with Crippen molar-refractivity contribution in [2.75, 3.05) is 18.0 Å². The van der Waals surface area contributed by atoms with Crippen LogP contribution >= 0.6 is 11.3 Å². The summed E-state index contributed by atoms with van der Waals surface area (Å²) in [7, 11) is 0. The summed E-state index contributed by atoms with van der Waals surface area (Å²) in [5, 5.41) is 11.0. The monoisotopic (exact) mass is 396 g/mol. The van der Waals surface area contributed by atoms with Crippen molar-refractivity contribution in [3.63, 3.8) is 0 Å². The number of hydrogen-bond donors (Lipinski definition) is 0. The number of anilines is 1. The van der Waals surface area contributed by atoms with Gasteiger partial charge in [0.15, 0.2) is 0 Å². The zero-order valence-electron chi connectivity index (χ0n) is 16.5. The number of rotatable bonds is 4. The first-order valence-corrected chi connectivity index (χ1v) is 11.5. The maximum absolute atomic E-state index is 12.7. The zero-order valence-corrected chi connectivity index (χ0v) is 17.3. The highest BCUT2D eigenvalue weighted by molar-refractivity contribution is 7.18. The molecule has 2 aromatic rings. The lowest BCUT2D eigenvalue weighted by Crippen LogP contribution is -2.65. The van der Waals surface area contributed by atoms with Gasteiger partial charge in [-0.3, -0.25) is 4.79 Å². The van der Waals surface area contributed by atoms with Gasteiger partial charge in [0.25, 0.3) is 0 Å². The van der Waals surface area contributed by atoms with Crippen molar-refractivity contribution in [1.82, 2.24) is 15.1 Å². The van der Waals surface area contributed by atoms with Crippen LogP contribution in [0, 0.1) is 11.8 Å². The van der Waals surface area contributed by atoms with Crippen LogP contribution < -0.4 is 4.90 Å². The van der Waals surface area contributed by atoms with Crippen molar-refractivity contribution in [3.05, 3.63) is 30.3 Å². The first kappa shape index (κ1) is 18.1. The largest absolute Gasteiger partial charge is 0.346 e. The minimum absolute atomic E-state index is 0.403. The van der Waals surface area contributed by atoms with Crippen molar-refractivity contribution >= 4 is 22.4 Å². The fraction of sp³-hybridized carbons (Fsp3) is 0.591. The smallest absolute Gasteiger partial charge is 0.223 e. The Balaban J connectivity index is 1.41. The molecule has 3 aliphatic rings. The molecule has 1 amide bonds. The molecular formula is C22H28N4OS. The van der Waals surface area contributed by atoms with Gasteiger partial charge in [-0.05, 0) is 37.5 Å². The first-order valence-electron chi connectivity index (χ1n) is 10.7. The molecule has 3 aliphatic heterocycles. The van der Waals surface area contributed by atoms with Crippen molar-refractivity contribution in [2.24, 2.45) is 11.8 Å². The van der Waals surface area contributed by atoms with E-state index in [9.17, 15) is 4.79 Å². The lowest BCUT2D eigenvalue weighted by molar-refractivity contribution is -0.149. The first-order chi connectivity index (χ1) is 13.7. The van der Waals surface area contributed by atoms with Gasteiger partial charge in [0.2, 0.25) is 11.0 Å². The summed E-state index contributed by atoms with van der Waals surface area (Å²) in [6.07, 6.45) is 6.49. The molecule has 1 aromatic heterocycles. The zero-order chi connectivity index (χ0) is 19.1. The maximum Gasteiger partial charge on any atom is 0.223 e. The van der Waals surface area contributed by atoms with E-state index in [1.165, 1.54) is 12.8 Å². The van der Waals surface area contributed by atoms with Crippen LogP contribution in [-0.2, 0) is 4.79 Å². The van der Waals surface area contributed by atoms with E-state index in [0.29, 0.717) is 29.8 Å². The fourth-order valence-electron chi connectivity index (χ4n) is 5.64. The van der Waals surface area contributed by atoms with Gasteiger partial charge in [0.05, 0.1) is 0 Å². The van der Waals surface area contributed by atoms with Gasteiger partial charge in [0.1, 0.15) is 5.01 Å². The molecule has 6 heteroatoms. The van der Waals surface area contributed by atoms with E-state index >= 15 is 0 Å². The predicted molar refractivity (Wildman–Crippen MR) is 112 cm³/mol. The summed E-state index contributed by atoms with van der Waals surface area (Å²) in [5.41, 5.74) is 1.14. The maximum atomic E-state index is 12.7. The van der Waals surface area contributed by atoms with Gasteiger partial charge >= 0.3 is 0 Å². The van der Waals surface area contributed by atoms with Crippen LogP contribution in [0.1, 0.15) is 45.4 Å². The van der Waals surface area contributed by atoms with Crippen molar-refractivity contribution in [1.29, 1.82) is 0 Å². The number of benzene rings is 1. The second-order valence-corrected chi connectivity index (χ2v) is 9.49. The van der Waals surface area contributed by atoms with Crippen LogP contribution in [0.25, 0.3) is 10.6 Å². The molecule has 148 valence electrons. The highest BCUT2D eigenvalue weighted by atomic mass is 32.1. The molecule has 1 aromatic carbocycles. The number of hydrogen-bond acceptors (Lipinski definition) is 5. The lowest BCUT2D eigenvalue weighted by Gasteiger charge is -2.56. The Hall–Kier alpha value is -1.95. The number of carbonyl (C=O) groups is 1. The van der Waals surface area contributed by atoms with Crippen LogP contribution in [-0.4, -0.2) is 46.2 Å². The van der Waals surface area contributed by atoms with Crippen molar-refractivity contribution in [3.8, 4) is 10.6 Å². The van der Waals surface area contributed by atoms with Crippen LogP contribution in [0.15, 0.2) is 30.3 Å². The molecule has 5 nitrogen and oxygen atoms in total. The molecule has 28 heavy (non-hydrogen) atoms. The normalized spacial score (nSPS) is 29.7. The van der Waals surface area contributed by atoms with Gasteiger partial charge < -0.3 is 9.80 Å². The standard InChI is InChI=1S/C22H28N4OS/c1-2-7-18-16-12-17(19-10-6-11-20(27)26(18)19)14-25(13-16)22-24-23-21(28-22)15-8-4-3-5-9-15/h3-5,8-9,16-19H,2,6-7,10-14H2,1H3/t16-,17+,18-,19-/m0/s1. The third-order valence-electron chi connectivity index (χ3n) is 6.79. The van der Waals surface area contributed by atoms with E-state index in [-0.39, 0.29) is 0 Å². The Morgan fingerprint density at radius 1 is 1.14 bits per heavy atom. The summed E-state index contributed by atoms with van der Waals surface area (Å²) in [6.45, 7) is 4.25. The number of amides is 1.